The van der Waals surface area contributed by atoms with Crippen LogP contribution in [-0.2, 0) is 6.42 Å². The summed E-state index contributed by atoms with van der Waals surface area (Å²) in [6.45, 7) is 2.13. The Bertz CT molecular complexity index is 430. The van der Waals surface area contributed by atoms with E-state index in [0.717, 1.165) is 12.8 Å². The first-order chi connectivity index (χ1) is 8.29. The Morgan fingerprint density at radius 1 is 1.18 bits per heavy atom. The molecule has 1 unspecified atom stereocenters. The second kappa shape index (κ2) is 5.99. The average Bonchev–Trinajstić information content (AvgIpc) is 2.85. The number of rotatable bonds is 5. The first-order valence-electron chi connectivity index (χ1n) is 6.06. The minimum Gasteiger partial charge on any atom is -0.313 e. The molecule has 2 heteroatoms. The van der Waals surface area contributed by atoms with Crippen molar-refractivity contribution in [3.63, 3.8) is 0 Å². The lowest BCUT2D eigenvalue weighted by Gasteiger charge is -2.16. The van der Waals surface area contributed by atoms with Crippen LogP contribution in [0.5, 0.6) is 0 Å². The highest BCUT2D eigenvalue weighted by atomic mass is 32.1. The Morgan fingerprint density at radius 2 is 1.94 bits per heavy atom. The van der Waals surface area contributed by atoms with E-state index in [1.54, 1.807) is 0 Å². The molecular weight excluding hydrogens is 226 g/mol. The SMILES string of the molecule is CNC(CCc1cccs1)c1ccc(C)cc1. The Morgan fingerprint density at radius 3 is 2.53 bits per heavy atom. The van der Waals surface area contributed by atoms with Crippen LogP contribution in [0.25, 0.3) is 0 Å². The minimum absolute atomic E-state index is 0.456. The molecule has 0 aliphatic rings. The molecule has 0 aliphatic heterocycles. The fraction of sp³-hybridized carbons (Fsp3) is 0.333. The lowest BCUT2D eigenvalue weighted by Crippen LogP contribution is -2.16. The normalized spacial score (nSPS) is 12.6. The standard InChI is InChI=1S/C15H19NS/c1-12-5-7-13(8-6-12)15(16-2)10-9-14-4-3-11-17-14/h3-8,11,15-16H,9-10H2,1-2H3. The van der Waals surface area contributed by atoms with Gasteiger partial charge in [0.15, 0.2) is 0 Å². The van der Waals surface area contributed by atoms with Crippen molar-refractivity contribution >= 4 is 11.3 Å². The van der Waals surface area contributed by atoms with Crippen molar-refractivity contribution in [3.8, 4) is 0 Å². The summed E-state index contributed by atoms with van der Waals surface area (Å²) in [5.41, 5.74) is 2.71. The molecular formula is C15H19NS. The number of aryl methyl sites for hydroxylation is 2. The van der Waals surface area contributed by atoms with E-state index in [1.807, 2.05) is 18.4 Å². The molecule has 0 saturated carbocycles. The van der Waals surface area contributed by atoms with Crippen LogP contribution in [0.4, 0.5) is 0 Å². The van der Waals surface area contributed by atoms with Crippen LogP contribution >= 0.6 is 11.3 Å². The predicted octanol–water partition coefficient (Wildman–Crippen LogP) is 3.95. The molecule has 2 rings (SSSR count). The van der Waals surface area contributed by atoms with Gasteiger partial charge in [-0.3, -0.25) is 0 Å². The van der Waals surface area contributed by atoms with E-state index in [1.165, 1.54) is 16.0 Å². The van der Waals surface area contributed by atoms with Crippen molar-refractivity contribution in [3.05, 3.63) is 57.8 Å². The Balaban J connectivity index is 1.99. The molecule has 0 aliphatic carbocycles. The van der Waals surface area contributed by atoms with Gasteiger partial charge in [-0.25, -0.2) is 0 Å². The van der Waals surface area contributed by atoms with Crippen molar-refractivity contribution in [2.75, 3.05) is 7.05 Å². The summed E-state index contributed by atoms with van der Waals surface area (Å²) >= 11 is 1.85. The number of thiophene rings is 1. The smallest absolute Gasteiger partial charge is 0.0320 e. The van der Waals surface area contributed by atoms with Gasteiger partial charge in [0.25, 0.3) is 0 Å². The maximum absolute atomic E-state index is 3.40. The third-order valence-electron chi connectivity index (χ3n) is 3.09. The molecule has 2 aromatic rings. The van der Waals surface area contributed by atoms with Gasteiger partial charge in [-0.2, -0.15) is 0 Å². The molecule has 0 bridgehead atoms. The van der Waals surface area contributed by atoms with Crippen molar-refractivity contribution < 1.29 is 0 Å². The average molecular weight is 245 g/mol. The summed E-state index contributed by atoms with van der Waals surface area (Å²) in [5.74, 6) is 0. The lowest BCUT2D eigenvalue weighted by molar-refractivity contribution is 0.551. The van der Waals surface area contributed by atoms with E-state index in [-0.39, 0.29) is 0 Å². The van der Waals surface area contributed by atoms with Crippen LogP contribution in [0.2, 0.25) is 0 Å². The fourth-order valence-corrected chi connectivity index (χ4v) is 2.74. The Hall–Kier alpha value is -1.12. The molecule has 1 atom stereocenters. The number of hydrogen-bond donors (Lipinski definition) is 1. The number of hydrogen-bond acceptors (Lipinski definition) is 2. The number of nitrogens with one attached hydrogen (secondary N) is 1. The van der Waals surface area contributed by atoms with Crippen LogP contribution in [0, 0.1) is 6.92 Å². The summed E-state index contributed by atoms with van der Waals surface area (Å²) in [6, 6.07) is 13.6. The fourth-order valence-electron chi connectivity index (χ4n) is 2.02. The molecule has 0 saturated heterocycles. The van der Waals surface area contributed by atoms with Gasteiger partial charge < -0.3 is 5.32 Å². The van der Waals surface area contributed by atoms with Crippen LogP contribution < -0.4 is 5.32 Å². The Kier molecular flexibility index (Phi) is 4.35. The molecule has 90 valence electrons. The van der Waals surface area contributed by atoms with Crippen LogP contribution in [-0.4, -0.2) is 7.05 Å². The monoisotopic (exact) mass is 245 g/mol. The summed E-state index contributed by atoms with van der Waals surface area (Å²) in [5, 5.41) is 5.55. The zero-order chi connectivity index (χ0) is 12.1. The minimum atomic E-state index is 0.456. The quantitative estimate of drug-likeness (QED) is 0.841. The highest BCUT2D eigenvalue weighted by Gasteiger charge is 2.09. The third-order valence-corrected chi connectivity index (χ3v) is 4.02. The van der Waals surface area contributed by atoms with Crippen molar-refractivity contribution in [2.45, 2.75) is 25.8 Å². The van der Waals surface area contributed by atoms with E-state index in [0.29, 0.717) is 6.04 Å². The van der Waals surface area contributed by atoms with E-state index in [2.05, 4.69) is 54.0 Å². The van der Waals surface area contributed by atoms with Crippen molar-refractivity contribution in [1.29, 1.82) is 0 Å². The topological polar surface area (TPSA) is 12.0 Å². The molecule has 0 spiro atoms. The first-order valence-corrected chi connectivity index (χ1v) is 6.94. The highest BCUT2D eigenvalue weighted by molar-refractivity contribution is 7.09. The first kappa shape index (κ1) is 12.3. The maximum atomic E-state index is 3.40. The van der Waals surface area contributed by atoms with Crippen molar-refractivity contribution in [1.82, 2.24) is 5.32 Å². The summed E-state index contributed by atoms with van der Waals surface area (Å²) in [7, 11) is 2.04. The summed E-state index contributed by atoms with van der Waals surface area (Å²) in [6.07, 6.45) is 2.30. The molecule has 0 fully saturated rings. The summed E-state index contributed by atoms with van der Waals surface area (Å²) in [4.78, 5) is 1.47. The van der Waals surface area contributed by atoms with Gasteiger partial charge in [0.1, 0.15) is 0 Å². The molecule has 1 heterocycles. The molecule has 1 aromatic heterocycles. The summed E-state index contributed by atoms with van der Waals surface area (Å²) < 4.78 is 0. The third kappa shape index (κ3) is 3.42. The lowest BCUT2D eigenvalue weighted by atomic mass is 10.0. The largest absolute Gasteiger partial charge is 0.313 e. The second-order valence-electron chi connectivity index (χ2n) is 4.37. The Labute approximate surface area is 108 Å². The zero-order valence-electron chi connectivity index (χ0n) is 10.4. The maximum Gasteiger partial charge on any atom is 0.0320 e. The van der Waals surface area contributed by atoms with E-state index in [4.69, 9.17) is 0 Å². The highest BCUT2D eigenvalue weighted by Crippen LogP contribution is 2.21. The van der Waals surface area contributed by atoms with E-state index >= 15 is 0 Å². The molecule has 0 amide bonds. The predicted molar refractivity (Wildman–Crippen MR) is 75.6 cm³/mol. The second-order valence-corrected chi connectivity index (χ2v) is 5.40. The van der Waals surface area contributed by atoms with Crippen LogP contribution in [0.1, 0.15) is 28.5 Å². The molecule has 1 aromatic carbocycles. The number of benzene rings is 1. The van der Waals surface area contributed by atoms with Crippen molar-refractivity contribution in [2.24, 2.45) is 0 Å². The van der Waals surface area contributed by atoms with Crippen LogP contribution in [0.15, 0.2) is 41.8 Å². The van der Waals surface area contributed by atoms with Gasteiger partial charge in [0.05, 0.1) is 0 Å². The van der Waals surface area contributed by atoms with Gasteiger partial charge >= 0.3 is 0 Å². The molecule has 0 radical (unpaired) electrons. The van der Waals surface area contributed by atoms with Gasteiger partial charge in [-0.05, 0) is 43.8 Å². The van der Waals surface area contributed by atoms with Crippen LogP contribution in [0.3, 0.4) is 0 Å². The molecule has 1 N–H and O–H groups in total. The van der Waals surface area contributed by atoms with Gasteiger partial charge in [0, 0.05) is 10.9 Å². The van der Waals surface area contributed by atoms with Gasteiger partial charge in [0.2, 0.25) is 0 Å². The molecule has 1 nitrogen and oxygen atoms in total. The molecule has 17 heavy (non-hydrogen) atoms. The van der Waals surface area contributed by atoms with Gasteiger partial charge in [-0.15, -0.1) is 11.3 Å². The van der Waals surface area contributed by atoms with E-state index < -0.39 is 0 Å². The zero-order valence-corrected chi connectivity index (χ0v) is 11.3. The van der Waals surface area contributed by atoms with Gasteiger partial charge in [-0.1, -0.05) is 35.9 Å². The van der Waals surface area contributed by atoms with E-state index in [9.17, 15) is 0 Å².